The highest BCUT2D eigenvalue weighted by Crippen LogP contribution is 2.18. The maximum absolute atomic E-state index is 13.6. The number of carbonyl (C=O) groups excluding carboxylic acids is 1. The lowest BCUT2D eigenvalue weighted by Gasteiger charge is -2.33. The van der Waals surface area contributed by atoms with E-state index in [1.54, 1.807) is 25.2 Å². The van der Waals surface area contributed by atoms with E-state index in [4.69, 9.17) is 5.11 Å². The van der Waals surface area contributed by atoms with Gasteiger partial charge in [-0.15, -0.1) is 0 Å². The average Bonchev–Trinajstić information content (AvgIpc) is 2.49. The monoisotopic (exact) mass is 294 g/mol. The highest BCUT2D eigenvalue weighted by Gasteiger charge is 2.29. The molecule has 1 heterocycles. The Morgan fingerprint density at radius 1 is 1.43 bits per heavy atom. The summed E-state index contributed by atoms with van der Waals surface area (Å²) in [4.78, 5) is 26.3. The number of aliphatic carboxylic acids is 1. The van der Waals surface area contributed by atoms with Gasteiger partial charge in [0, 0.05) is 32.2 Å². The molecule has 2 amide bonds. The van der Waals surface area contributed by atoms with Crippen molar-refractivity contribution < 1.29 is 19.1 Å². The van der Waals surface area contributed by atoms with E-state index >= 15 is 0 Å². The minimum Gasteiger partial charge on any atom is -0.481 e. The fourth-order valence-electron chi connectivity index (χ4n) is 2.54. The number of likely N-dealkylation sites (tertiary alicyclic amines) is 1. The number of urea groups is 1. The topological polar surface area (TPSA) is 60.9 Å². The van der Waals surface area contributed by atoms with Crippen molar-refractivity contribution >= 4 is 12.0 Å². The van der Waals surface area contributed by atoms with Gasteiger partial charge in [-0.25, -0.2) is 9.18 Å². The van der Waals surface area contributed by atoms with Crippen LogP contribution >= 0.6 is 0 Å². The van der Waals surface area contributed by atoms with E-state index in [-0.39, 0.29) is 24.9 Å². The lowest BCUT2D eigenvalue weighted by atomic mass is 9.99. The standard InChI is InChI=1S/C15H19FN2O3/c1-17(9-11-5-2-3-7-13(11)16)15(21)18-8-4-6-12(10-18)14(19)20/h2-3,5,7,12H,4,6,8-10H2,1H3,(H,19,20)/t12-/m0/s1. The van der Waals surface area contributed by atoms with E-state index in [9.17, 15) is 14.0 Å². The Hall–Kier alpha value is -2.11. The summed E-state index contributed by atoms with van der Waals surface area (Å²) in [5, 5.41) is 9.05. The van der Waals surface area contributed by atoms with E-state index in [1.807, 2.05) is 0 Å². The third-order valence-corrected chi connectivity index (χ3v) is 3.73. The number of nitrogens with zero attached hydrogens (tertiary/aromatic N) is 2. The molecule has 1 saturated heterocycles. The van der Waals surface area contributed by atoms with Gasteiger partial charge in [0.2, 0.25) is 0 Å². The first-order chi connectivity index (χ1) is 9.99. The molecule has 2 rings (SSSR count). The Morgan fingerprint density at radius 3 is 2.81 bits per heavy atom. The van der Waals surface area contributed by atoms with Crippen LogP contribution in [0.15, 0.2) is 24.3 Å². The van der Waals surface area contributed by atoms with Gasteiger partial charge < -0.3 is 14.9 Å². The van der Waals surface area contributed by atoms with Crippen molar-refractivity contribution in [3.8, 4) is 0 Å². The molecule has 1 aromatic carbocycles. The van der Waals surface area contributed by atoms with Crippen molar-refractivity contribution in [2.75, 3.05) is 20.1 Å². The Balaban J connectivity index is 1.99. The van der Waals surface area contributed by atoms with Crippen molar-refractivity contribution in [2.24, 2.45) is 5.92 Å². The quantitative estimate of drug-likeness (QED) is 0.929. The molecule has 114 valence electrons. The second-order valence-electron chi connectivity index (χ2n) is 5.35. The Bertz CT molecular complexity index is 535. The molecular formula is C15H19FN2O3. The maximum atomic E-state index is 13.6. The molecule has 5 nitrogen and oxygen atoms in total. The molecule has 0 aromatic heterocycles. The summed E-state index contributed by atoms with van der Waals surface area (Å²) < 4.78 is 13.6. The summed E-state index contributed by atoms with van der Waals surface area (Å²) in [7, 11) is 1.60. The van der Waals surface area contributed by atoms with Crippen LogP contribution in [0.3, 0.4) is 0 Å². The van der Waals surface area contributed by atoms with Gasteiger partial charge in [-0.05, 0) is 18.9 Å². The van der Waals surface area contributed by atoms with Crippen molar-refractivity contribution in [3.63, 3.8) is 0 Å². The van der Waals surface area contributed by atoms with Gasteiger partial charge in [-0.1, -0.05) is 18.2 Å². The summed E-state index contributed by atoms with van der Waals surface area (Å²) in [6, 6.07) is 6.05. The van der Waals surface area contributed by atoms with Crippen LogP contribution < -0.4 is 0 Å². The number of hydrogen-bond donors (Lipinski definition) is 1. The third kappa shape index (κ3) is 3.71. The lowest BCUT2D eigenvalue weighted by Crippen LogP contribution is -2.47. The van der Waals surface area contributed by atoms with E-state index in [0.717, 1.165) is 0 Å². The van der Waals surface area contributed by atoms with E-state index in [1.165, 1.54) is 15.9 Å². The fraction of sp³-hybridized carbons (Fsp3) is 0.467. The molecule has 0 aliphatic carbocycles. The Kier molecular flexibility index (Phi) is 4.77. The van der Waals surface area contributed by atoms with Crippen LogP contribution in [0.4, 0.5) is 9.18 Å². The van der Waals surface area contributed by atoms with Crippen molar-refractivity contribution in [2.45, 2.75) is 19.4 Å². The van der Waals surface area contributed by atoms with Crippen molar-refractivity contribution in [1.82, 2.24) is 9.80 Å². The minimum atomic E-state index is -0.871. The van der Waals surface area contributed by atoms with Crippen LogP contribution in [0.1, 0.15) is 18.4 Å². The maximum Gasteiger partial charge on any atom is 0.320 e. The predicted octanol–water partition coefficient (Wildman–Crippen LogP) is 2.17. The second kappa shape index (κ2) is 6.56. The van der Waals surface area contributed by atoms with Crippen LogP contribution in [-0.4, -0.2) is 47.0 Å². The number of rotatable bonds is 3. The molecule has 0 saturated carbocycles. The van der Waals surface area contributed by atoms with Gasteiger partial charge >= 0.3 is 12.0 Å². The SMILES string of the molecule is CN(Cc1ccccc1F)C(=O)N1CCC[C@H](C(=O)O)C1. The summed E-state index contributed by atoms with van der Waals surface area (Å²) >= 11 is 0. The van der Waals surface area contributed by atoms with Crippen LogP contribution in [0, 0.1) is 11.7 Å². The number of hydrogen-bond acceptors (Lipinski definition) is 2. The molecule has 1 N–H and O–H groups in total. The molecule has 1 fully saturated rings. The zero-order chi connectivity index (χ0) is 15.4. The fourth-order valence-corrected chi connectivity index (χ4v) is 2.54. The molecule has 0 unspecified atom stereocenters. The first-order valence-electron chi connectivity index (χ1n) is 6.95. The number of carboxylic acid groups (broad SMARTS) is 1. The number of carboxylic acids is 1. The molecule has 0 spiro atoms. The first-order valence-corrected chi connectivity index (χ1v) is 6.95. The predicted molar refractivity (Wildman–Crippen MR) is 75.2 cm³/mol. The van der Waals surface area contributed by atoms with Crippen molar-refractivity contribution in [3.05, 3.63) is 35.6 Å². The molecule has 1 aliphatic rings. The van der Waals surface area contributed by atoms with Gasteiger partial charge in [-0.3, -0.25) is 4.79 Å². The van der Waals surface area contributed by atoms with Crippen molar-refractivity contribution in [1.29, 1.82) is 0 Å². The first kappa shape index (κ1) is 15.3. The molecule has 21 heavy (non-hydrogen) atoms. The summed E-state index contributed by atoms with van der Waals surface area (Å²) in [6.45, 7) is 0.930. The second-order valence-corrected chi connectivity index (χ2v) is 5.35. The summed E-state index contributed by atoms with van der Waals surface area (Å²) in [5.41, 5.74) is 0.445. The molecule has 1 aromatic rings. The summed E-state index contributed by atoms with van der Waals surface area (Å²) in [5.74, 6) is -1.73. The van der Waals surface area contributed by atoms with Crippen LogP contribution in [0.5, 0.6) is 0 Å². The van der Waals surface area contributed by atoms with Gasteiger partial charge in [0.15, 0.2) is 0 Å². The highest BCUT2D eigenvalue weighted by molar-refractivity contribution is 5.76. The van der Waals surface area contributed by atoms with Gasteiger partial charge in [0.05, 0.1) is 5.92 Å². The van der Waals surface area contributed by atoms with E-state index < -0.39 is 11.9 Å². The normalized spacial score (nSPS) is 18.4. The number of carbonyl (C=O) groups is 2. The minimum absolute atomic E-state index is 0.166. The van der Waals surface area contributed by atoms with E-state index in [0.29, 0.717) is 24.9 Å². The lowest BCUT2D eigenvalue weighted by molar-refractivity contribution is -0.143. The highest BCUT2D eigenvalue weighted by atomic mass is 19.1. The summed E-state index contributed by atoms with van der Waals surface area (Å²) in [6.07, 6.45) is 1.27. The Morgan fingerprint density at radius 2 is 2.14 bits per heavy atom. The van der Waals surface area contributed by atoms with Crippen LogP contribution in [-0.2, 0) is 11.3 Å². The number of piperidine rings is 1. The molecule has 6 heteroatoms. The van der Waals surface area contributed by atoms with Gasteiger partial charge in [0.25, 0.3) is 0 Å². The molecule has 0 bridgehead atoms. The molecule has 0 radical (unpaired) electrons. The number of benzene rings is 1. The van der Waals surface area contributed by atoms with Crippen LogP contribution in [0.2, 0.25) is 0 Å². The molecular weight excluding hydrogens is 275 g/mol. The van der Waals surface area contributed by atoms with E-state index in [2.05, 4.69) is 0 Å². The van der Waals surface area contributed by atoms with Gasteiger partial charge in [0.1, 0.15) is 5.82 Å². The number of halogens is 1. The average molecular weight is 294 g/mol. The van der Waals surface area contributed by atoms with Gasteiger partial charge in [-0.2, -0.15) is 0 Å². The molecule has 1 aliphatic heterocycles. The zero-order valence-electron chi connectivity index (χ0n) is 12.0. The zero-order valence-corrected chi connectivity index (χ0v) is 12.0. The van der Waals surface area contributed by atoms with Crippen LogP contribution in [0.25, 0.3) is 0 Å². The largest absolute Gasteiger partial charge is 0.481 e. The Labute approximate surface area is 123 Å². The molecule has 1 atom stereocenters. The smallest absolute Gasteiger partial charge is 0.320 e. The number of amides is 2. The third-order valence-electron chi connectivity index (χ3n) is 3.73.